The fourth-order valence-electron chi connectivity index (χ4n) is 2.01. The van der Waals surface area contributed by atoms with Crippen LogP contribution in [0.3, 0.4) is 0 Å². The summed E-state index contributed by atoms with van der Waals surface area (Å²) in [6, 6.07) is 0. The van der Waals surface area contributed by atoms with Crippen molar-refractivity contribution < 1.29 is 4.79 Å². The molecule has 1 fully saturated rings. The lowest BCUT2D eigenvalue weighted by Crippen LogP contribution is -2.32. The van der Waals surface area contributed by atoms with E-state index in [1.165, 1.54) is 19.3 Å². The van der Waals surface area contributed by atoms with Gasteiger partial charge in [0.05, 0.1) is 12.7 Å². The van der Waals surface area contributed by atoms with Crippen molar-refractivity contribution in [1.29, 1.82) is 0 Å². The summed E-state index contributed by atoms with van der Waals surface area (Å²) in [6.45, 7) is 4.02. The molecule has 0 aromatic carbocycles. The number of carbonyl (C=O) groups is 1. The number of hydrogen-bond acceptors (Lipinski definition) is 5. The van der Waals surface area contributed by atoms with Crippen LogP contribution in [-0.2, 0) is 6.54 Å². The van der Waals surface area contributed by atoms with Gasteiger partial charge in [0.25, 0.3) is 5.91 Å². The predicted molar refractivity (Wildman–Crippen MR) is 62.0 cm³/mol. The normalized spacial score (nSPS) is 17.0. The maximum Gasteiger partial charge on any atom is 0.287 e. The Morgan fingerprint density at radius 1 is 1.35 bits per heavy atom. The number of nitrogens with two attached hydrogens (primary N) is 1. The van der Waals surface area contributed by atoms with Crippen molar-refractivity contribution in [2.45, 2.75) is 25.8 Å². The van der Waals surface area contributed by atoms with Gasteiger partial charge in [-0.25, -0.2) is 5.84 Å². The van der Waals surface area contributed by atoms with Gasteiger partial charge in [-0.05, 0) is 25.9 Å². The number of piperidine rings is 1. The zero-order valence-corrected chi connectivity index (χ0v) is 9.80. The molecule has 3 N–H and O–H groups in total. The molecule has 0 spiro atoms. The molecule has 1 aromatic rings. The van der Waals surface area contributed by atoms with E-state index in [9.17, 15) is 4.79 Å². The van der Waals surface area contributed by atoms with E-state index in [0.717, 1.165) is 26.2 Å². The van der Waals surface area contributed by atoms with Crippen LogP contribution in [0.1, 0.15) is 29.8 Å². The Morgan fingerprint density at radius 2 is 2.12 bits per heavy atom. The fourth-order valence-corrected chi connectivity index (χ4v) is 2.01. The Labute approximate surface area is 99.9 Å². The Kier molecular flexibility index (Phi) is 4.05. The lowest BCUT2D eigenvalue weighted by molar-refractivity contribution is 0.0948. The van der Waals surface area contributed by atoms with Crippen LogP contribution in [-0.4, -0.2) is 45.4 Å². The van der Waals surface area contributed by atoms with Crippen molar-refractivity contribution in [2.24, 2.45) is 5.84 Å². The molecule has 0 radical (unpaired) electrons. The third-order valence-corrected chi connectivity index (χ3v) is 3.00. The van der Waals surface area contributed by atoms with Gasteiger partial charge in [-0.15, -0.1) is 5.10 Å². The molecule has 1 amide bonds. The lowest BCUT2D eigenvalue weighted by Gasteiger charge is -2.25. The van der Waals surface area contributed by atoms with Gasteiger partial charge in [-0.1, -0.05) is 11.6 Å². The van der Waals surface area contributed by atoms with Crippen LogP contribution in [0.5, 0.6) is 0 Å². The van der Waals surface area contributed by atoms with Gasteiger partial charge in [0.1, 0.15) is 0 Å². The van der Waals surface area contributed by atoms with E-state index in [4.69, 9.17) is 5.84 Å². The highest BCUT2D eigenvalue weighted by Gasteiger charge is 2.11. The number of carbonyl (C=O) groups excluding carboxylic acids is 1. The summed E-state index contributed by atoms with van der Waals surface area (Å²) in [7, 11) is 0. The summed E-state index contributed by atoms with van der Waals surface area (Å²) in [5, 5.41) is 7.65. The van der Waals surface area contributed by atoms with Crippen LogP contribution in [0, 0.1) is 0 Å². The Balaban J connectivity index is 1.82. The molecule has 0 unspecified atom stereocenters. The summed E-state index contributed by atoms with van der Waals surface area (Å²) >= 11 is 0. The van der Waals surface area contributed by atoms with E-state index in [0.29, 0.717) is 0 Å². The summed E-state index contributed by atoms with van der Waals surface area (Å²) in [5.74, 6) is 4.61. The quantitative estimate of drug-likeness (QED) is 0.414. The van der Waals surface area contributed by atoms with Crippen molar-refractivity contribution in [3.8, 4) is 0 Å². The van der Waals surface area contributed by atoms with E-state index in [-0.39, 0.29) is 5.69 Å². The average molecular weight is 238 g/mol. The third-order valence-electron chi connectivity index (χ3n) is 3.00. The first-order chi connectivity index (χ1) is 8.29. The summed E-state index contributed by atoms with van der Waals surface area (Å²) in [4.78, 5) is 13.6. The number of nitrogens with one attached hydrogen (secondary N) is 1. The van der Waals surface area contributed by atoms with Gasteiger partial charge in [-0.3, -0.25) is 14.9 Å². The SMILES string of the molecule is NNC(=O)c1cn(CCN2CCCCC2)nn1. The summed E-state index contributed by atoms with van der Waals surface area (Å²) in [5.41, 5.74) is 2.29. The highest BCUT2D eigenvalue weighted by molar-refractivity contribution is 5.91. The smallest absolute Gasteiger partial charge is 0.287 e. The Morgan fingerprint density at radius 3 is 2.82 bits per heavy atom. The first-order valence-electron chi connectivity index (χ1n) is 5.93. The number of nitrogens with zero attached hydrogens (tertiary/aromatic N) is 4. The number of aromatic nitrogens is 3. The van der Waals surface area contributed by atoms with Gasteiger partial charge in [0.15, 0.2) is 5.69 Å². The molecule has 7 nitrogen and oxygen atoms in total. The second-order valence-electron chi connectivity index (χ2n) is 4.24. The van der Waals surface area contributed by atoms with E-state index < -0.39 is 5.91 Å². The number of likely N-dealkylation sites (tertiary alicyclic amines) is 1. The molecule has 0 bridgehead atoms. The largest absolute Gasteiger partial charge is 0.301 e. The van der Waals surface area contributed by atoms with Gasteiger partial charge in [0.2, 0.25) is 0 Å². The molecule has 1 aliphatic rings. The second-order valence-corrected chi connectivity index (χ2v) is 4.24. The van der Waals surface area contributed by atoms with Crippen molar-refractivity contribution in [2.75, 3.05) is 19.6 Å². The minimum Gasteiger partial charge on any atom is -0.301 e. The van der Waals surface area contributed by atoms with Gasteiger partial charge in [-0.2, -0.15) is 0 Å². The van der Waals surface area contributed by atoms with Crippen LogP contribution >= 0.6 is 0 Å². The predicted octanol–water partition coefficient (Wildman–Crippen LogP) is -0.633. The molecule has 1 aliphatic heterocycles. The monoisotopic (exact) mass is 238 g/mol. The van der Waals surface area contributed by atoms with Gasteiger partial charge in [0, 0.05) is 6.54 Å². The number of rotatable bonds is 4. The molecule has 0 saturated carbocycles. The molecule has 0 atom stereocenters. The minimum absolute atomic E-state index is 0.256. The molecule has 94 valence electrons. The summed E-state index contributed by atoms with van der Waals surface area (Å²) in [6.07, 6.45) is 5.50. The van der Waals surface area contributed by atoms with Crippen LogP contribution in [0.4, 0.5) is 0 Å². The van der Waals surface area contributed by atoms with Crippen LogP contribution in [0.25, 0.3) is 0 Å². The van der Waals surface area contributed by atoms with Crippen LogP contribution < -0.4 is 11.3 Å². The maximum absolute atomic E-state index is 11.2. The molecular formula is C10H18N6O. The zero-order chi connectivity index (χ0) is 12.1. The molecule has 1 saturated heterocycles. The van der Waals surface area contributed by atoms with E-state index in [2.05, 4.69) is 15.2 Å². The highest BCUT2D eigenvalue weighted by atomic mass is 16.2. The number of nitrogen functional groups attached to an aromatic ring is 1. The Hall–Kier alpha value is -1.47. The number of amides is 1. The van der Waals surface area contributed by atoms with Crippen molar-refractivity contribution in [3.05, 3.63) is 11.9 Å². The Bertz CT molecular complexity index is 371. The van der Waals surface area contributed by atoms with Crippen molar-refractivity contribution in [3.63, 3.8) is 0 Å². The fraction of sp³-hybridized carbons (Fsp3) is 0.700. The zero-order valence-electron chi connectivity index (χ0n) is 9.80. The molecule has 1 aromatic heterocycles. The number of hydrogen-bond donors (Lipinski definition) is 2. The third kappa shape index (κ3) is 3.24. The van der Waals surface area contributed by atoms with Crippen molar-refractivity contribution in [1.82, 2.24) is 25.3 Å². The van der Waals surface area contributed by atoms with Crippen LogP contribution in [0.2, 0.25) is 0 Å². The van der Waals surface area contributed by atoms with Gasteiger partial charge >= 0.3 is 0 Å². The van der Waals surface area contributed by atoms with E-state index in [1.54, 1.807) is 10.9 Å². The molecule has 17 heavy (non-hydrogen) atoms. The molecule has 7 heteroatoms. The van der Waals surface area contributed by atoms with E-state index >= 15 is 0 Å². The highest BCUT2D eigenvalue weighted by Crippen LogP contribution is 2.08. The van der Waals surface area contributed by atoms with Gasteiger partial charge < -0.3 is 4.90 Å². The second kappa shape index (κ2) is 5.74. The first kappa shape index (κ1) is 12.0. The lowest BCUT2D eigenvalue weighted by atomic mass is 10.1. The average Bonchev–Trinajstić information content (AvgIpc) is 2.85. The van der Waals surface area contributed by atoms with Crippen LogP contribution in [0.15, 0.2) is 6.20 Å². The standard InChI is InChI=1S/C10H18N6O/c11-12-10(17)9-8-16(14-13-9)7-6-15-4-2-1-3-5-15/h8H,1-7,11H2,(H,12,17). The van der Waals surface area contributed by atoms with E-state index in [1.807, 2.05) is 5.43 Å². The molecule has 2 heterocycles. The topological polar surface area (TPSA) is 89.1 Å². The summed E-state index contributed by atoms with van der Waals surface area (Å²) < 4.78 is 1.68. The number of hydrazine groups is 1. The molecule has 2 rings (SSSR count). The minimum atomic E-state index is -0.408. The first-order valence-corrected chi connectivity index (χ1v) is 5.93. The maximum atomic E-state index is 11.2. The molecule has 0 aliphatic carbocycles. The van der Waals surface area contributed by atoms with Crippen molar-refractivity contribution >= 4 is 5.91 Å². The molecular weight excluding hydrogens is 220 g/mol.